The van der Waals surface area contributed by atoms with Crippen molar-refractivity contribution < 1.29 is 9.53 Å². The summed E-state index contributed by atoms with van der Waals surface area (Å²) >= 11 is 0. The van der Waals surface area contributed by atoms with Crippen LogP contribution in [0.15, 0.2) is 42.6 Å². The van der Waals surface area contributed by atoms with Crippen molar-refractivity contribution in [2.45, 2.75) is 6.54 Å². The highest BCUT2D eigenvalue weighted by molar-refractivity contribution is 5.93. The number of pyridine rings is 1. The Bertz CT molecular complexity index is 596. The minimum Gasteiger partial charge on any atom is -0.497 e. The lowest BCUT2D eigenvalue weighted by molar-refractivity contribution is 0.0784. The van der Waals surface area contributed by atoms with Gasteiger partial charge in [-0.25, -0.2) is 10.8 Å². The van der Waals surface area contributed by atoms with E-state index >= 15 is 0 Å². The molecule has 1 aromatic carbocycles. The van der Waals surface area contributed by atoms with Gasteiger partial charge in [-0.3, -0.25) is 4.79 Å². The maximum Gasteiger partial charge on any atom is 0.255 e. The first kappa shape index (κ1) is 14.8. The Balaban J connectivity index is 2.03. The summed E-state index contributed by atoms with van der Waals surface area (Å²) in [5.74, 6) is 6.46. The molecular formula is C15H18N4O2. The van der Waals surface area contributed by atoms with Crippen LogP contribution in [0.5, 0.6) is 5.75 Å². The maximum absolute atomic E-state index is 12.3. The summed E-state index contributed by atoms with van der Waals surface area (Å²) in [4.78, 5) is 17.9. The molecule has 110 valence electrons. The van der Waals surface area contributed by atoms with Gasteiger partial charge in [0.2, 0.25) is 0 Å². The largest absolute Gasteiger partial charge is 0.497 e. The van der Waals surface area contributed by atoms with Gasteiger partial charge in [0.15, 0.2) is 0 Å². The summed E-state index contributed by atoms with van der Waals surface area (Å²) in [6.07, 6.45) is 1.50. The van der Waals surface area contributed by atoms with Crippen LogP contribution in [0.25, 0.3) is 0 Å². The Kier molecular flexibility index (Phi) is 4.73. The van der Waals surface area contributed by atoms with Crippen molar-refractivity contribution in [3.8, 4) is 5.75 Å². The number of nitrogens with two attached hydrogens (primary N) is 1. The number of hydrogen-bond donors (Lipinski definition) is 2. The molecule has 0 aliphatic carbocycles. The van der Waals surface area contributed by atoms with Crippen molar-refractivity contribution in [1.29, 1.82) is 0 Å². The number of nitrogens with one attached hydrogen (secondary N) is 1. The molecule has 3 N–H and O–H groups in total. The second kappa shape index (κ2) is 6.71. The molecule has 0 saturated heterocycles. The van der Waals surface area contributed by atoms with Crippen LogP contribution >= 0.6 is 0 Å². The van der Waals surface area contributed by atoms with E-state index in [9.17, 15) is 4.79 Å². The van der Waals surface area contributed by atoms with Crippen molar-refractivity contribution >= 4 is 11.7 Å². The molecule has 1 amide bonds. The molecule has 0 unspecified atom stereocenters. The first-order valence-electron chi connectivity index (χ1n) is 6.45. The highest BCUT2D eigenvalue weighted by Crippen LogP contribution is 2.14. The first-order chi connectivity index (χ1) is 10.1. The van der Waals surface area contributed by atoms with Gasteiger partial charge in [-0.2, -0.15) is 0 Å². The number of hydrogen-bond acceptors (Lipinski definition) is 5. The van der Waals surface area contributed by atoms with Gasteiger partial charge in [0, 0.05) is 19.8 Å². The van der Waals surface area contributed by atoms with Gasteiger partial charge < -0.3 is 15.1 Å². The molecule has 0 atom stereocenters. The number of amides is 1. The quantitative estimate of drug-likeness (QED) is 0.645. The molecule has 6 nitrogen and oxygen atoms in total. The Morgan fingerprint density at radius 2 is 2.00 bits per heavy atom. The lowest BCUT2D eigenvalue weighted by Crippen LogP contribution is -2.26. The predicted molar refractivity (Wildman–Crippen MR) is 80.8 cm³/mol. The molecule has 0 saturated carbocycles. The minimum absolute atomic E-state index is 0.0955. The lowest BCUT2D eigenvalue weighted by Gasteiger charge is -2.17. The molecule has 2 rings (SSSR count). The van der Waals surface area contributed by atoms with Gasteiger partial charge in [0.05, 0.1) is 12.7 Å². The molecule has 0 fully saturated rings. The minimum atomic E-state index is -0.0955. The Hall–Kier alpha value is -2.60. The second-order valence-corrected chi connectivity index (χ2v) is 4.59. The van der Waals surface area contributed by atoms with Crippen LogP contribution in [0.2, 0.25) is 0 Å². The molecule has 1 aromatic heterocycles. The monoisotopic (exact) mass is 286 g/mol. The standard InChI is InChI=1S/C15H18N4O2/c1-19(10-11-3-6-13(21-2)7-4-11)15(20)12-5-8-14(18-16)17-9-12/h3-9H,10,16H2,1-2H3,(H,17,18). The van der Waals surface area contributed by atoms with Crippen molar-refractivity contribution in [2.75, 3.05) is 19.6 Å². The van der Waals surface area contributed by atoms with Crippen LogP contribution < -0.4 is 16.0 Å². The smallest absolute Gasteiger partial charge is 0.255 e. The Morgan fingerprint density at radius 1 is 1.29 bits per heavy atom. The van der Waals surface area contributed by atoms with Crippen LogP contribution in [0, 0.1) is 0 Å². The molecule has 2 aromatic rings. The van der Waals surface area contributed by atoms with Gasteiger partial charge in [-0.05, 0) is 29.8 Å². The van der Waals surface area contributed by atoms with Gasteiger partial charge in [-0.15, -0.1) is 0 Å². The van der Waals surface area contributed by atoms with E-state index in [0.717, 1.165) is 11.3 Å². The highest BCUT2D eigenvalue weighted by atomic mass is 16.5. The molecule has 0 aliphatic rings. The summed E-state index contributed by atoms with van der Waals surface area (Å²) in [6, 6.07) is 11.0. The molecule has 0 bridgehead atoms. The summed E-state index contributed by atoms with van der Waals surface area (Å²) in [6.45, 7) is 0.514. The number of benzene rings is 1. The maximum atomic E-state index is 12.3. The van der Waals surface area contributed by atoms with Crippen LogP contribution in [-0.4, -0.2) is 29.9 Å². The fourth-order valence-corrected chi connectivity index (χ4v) is 1.90. The highest BCUT2D eigenvalue weighted by Gasteiger charge is 2.12. The number of methoxy groups -OCH3 is 1. The molecule has 21 heavy (non-hydrogen) atoms. The van der Waals surface area contributed by atoms with Gasteiger partial charge >= 0.3 is 0 Å². The average molecular weight is 286 g/mol. The summed E-state index contributed by atoms with van der Waals surface area (Å²) < 4.78 is 5.11. The van der Waals surface area contributed by atoms with Crippen LogP contribution in [0.1, 0.15) is 15.9 Å². The fraction of sp³-hybridized carbons (Fsp3) is 0.200. The predicted octanol–water partition coefficient (Wildman–Crippen LogP) is 1.65. The molecule has 0 spiro atoms. The van der Waals surface area contributed by atoms with E-state index < -0.39 is 0 Å². The third-order valence-electron chi connectivity index (χ3n) is 3.08. The average Bonchev–Trinajstić information content (AvgIpc) is 2.55. The van der Waals surface area contributed by atoms with E-state index in [1.807, 2.05) is 24.3 Å². The number of ether oxygens (including phenoxy) is 1. The topological polar surface area (TPSA) is 80.5 Å². The number of carbonyl (C=O) groups excluding carboxylic acids is 1. The fourth-order valence-electron chi connectivity index (χ4n) is 1.90. The van der Waals surface area contributed by atoms with E-state index in [1.165, 1.54) is 6.20 Å². The number of rotatable bonds is 5. The van der Waals surface area contributed by atoms with E-state index in [0.29, 0.717) is 17.9 Å². The molecule has 0 aliphatic heterocycles. The lowest BCUT2D eigenvalue weighted by atomic mass is 10.2. The zero-order valence-corrected chi connectivity index (χ0v) is 12.0. The van der Waals surface area contributed by atoms with Crippen molar-refractivity contribution in [1.82, 2.24) is 9.88 Å². The molecule has 1 heterocycles. The van der Waals surface area contributed by atoms with Crippen molar-refractivity contribution in [3.63, 3.8) is 0 Å². The number of hydrazine groups is 1. The normalized spacial score (nSPS) is 10.0. The Labute approximate surface area is 123 Å². The number of anilines is 1. The van der Waals surface area contributed by atoms with Crippen molar-refractivity contribution in [2.24, 2.45) is 5.84 Å². The summed E-state index contributed by atoms with van der Waals surface area (Å²) in [5.41, 5.74) is 3.97. The zero-order chi connectivity index (χ0) is 15.2. The van der Waals surface area contributed by atoms with Gasteiger partial charge in [-0.1, -0.05) is 12.1 Å². The van der Waals surface area contributed by atoms with Gasteiger partial charge in [0.25, 0.3) is 5.91 Å². The van der Waals surface area contributed by atoms with E-state index in [-0.39, 0.29) is 5.91 Å². The summed E-state index contributed by atoms with van der Waals surface area (Å²) in [7, 11) is 3.37. The van der Waals surface area contributed by atoms with Crippen LogP contribution in [-0.2, 0) is 6.54 Å². The van der Waals surface area contributed by atoms with Crippen molar-refractivity contribution in [3.05, 3.63) is 53.7 Å². The van der Waals surface area contributed by atoms with Crippen LogP contribution in [0.3, 0.4) is 0 Å². The summed E-state index contributed by atoms with van der Waals surface area (Å²) in [5, 5.41) is 0. The third kappa shape index (κ3) is 3.70. The molecule has 6 heteroatoms. The molecular weight excluding hydrogens is 268 g/mol. The SMILES string of the molecule is COc1ccc(CN(C)C(=O)c2ccc(NN)nc2)cc1. The van der Waals surface area contributed by atoms with Gasteiger partial charge in [0.1, 0.15) is 11.6 Å². The van der Waals surface area contributed by atoms with Crippen LogP contribution in [0.4, 0.5) is 5.82 Å². The number of nitrogen functional groups attached to an aromatic ring is 1. The third-order valence-corrected chi connectivity index (χ3v) is 3.08. The molecule has 0 radical (unpaired) electrons. The zero-order valence-electron chi connectivity index (χ0n) is 12.0. The Morgan fingerprint density at radius 3 is 2.52 bits per heavy atom. The van der Waals surface area contributed by atoms with E-state index in [2.05, 4.69) is 10.4 Å². The van der Waals surface area contributed by atoms with E-state index in [4.69, 9.17) is 10.6 Å². The number of carbonyl (C=O) groups is 1. The first-order valence-corrected chi connectivity index (χ1v) is 6.45. The van der Waals surface area contributed by atoms with E-state index in [1.54, 1.807) is 31.2 Å². The number of aromatic nitrogens is 1. The number of nitrogens with zero attached hydrogens (tertiary/aromatic N) is 2. The second-order valence-electron chi connectivity index (χ2n) is 4.59.